The Morgan fingerprint density at radius 1 is 1.03 bits per heavy atom. The standard InChI is InChI=1S/C26H22N8OS/c1-26(2,3)25(35)30-16-7-14(9-27-11-16)15-8-17-22(33-34-23(17)29-10-15)24-31-19-13-28-12-18(21(19)32-24)20-5-4-6-36-20/h4-13H,1-3H3,(H,30,35)(H,31,32)(H,29,33,34). The summed E-state index contributed by atoms with van der Waals surface area (Å²) < 4.78 is 0. The second kappa shape index (κ2) is 8.35. The predicted octanol–water partition coefficient (Wildman–Crippen LogP) is 5.67. The predicted molar refractivity (Wildman–Crippen MR) is 141 cm³/mol. The Labute approximate surface area is 210 Å². The number of fused-ring (bicyclic) bond motifs is 2. The summed E-state index contributed by atoms with van der Waals surface area (Å²) in [4.78, 5) is 35.0. The van der Waals surface area contributed by atoms with Crippen molar-refractivity contribution in [3.63, 3.8) is 0 Å². The molecule has 36 heavy (non-hydrogen) atoms. The molecule has 0 aromatic carbocycles. The van der Waals surface area contributed by atoms with E-state index in [2.05, 4.69) is 41.5 Å². The first-order valence-corrected chi connectivity index (χ1v) is 12.2. The van der Waals surface area contributed by atoms with Crippen molar-refractivity contribution < 1.29 is 4.79 Å². The first-order chi connectivity index (χ1) is 17.4. The Morgan fingerprint density at radius 2 is 1.86 bits per heavy atom. The number of carbonyl (C=O) groups excluding carboxylic acids is 1. The molecule has 178 valence electrons. The van der Waals surface area contributed by atoms with Crippen LogP contribution in [0.25, 0.3) is 55.2 Å². The van der Waals surface area contributed by atoms with Crippen LogP contribution in [0.4, 0.5) is 5.69 Å². The molecule has 0 spiro atoms. The summed E-state index contributed by atoms with van der Waals surface area (Å²) in [5.41, 5.74) is 5.79. The van der Waals surface area contributed by atoms with Crippen LogP contribution in [0.3, 0.4) is 0 Å². The van der Waals surface area contributed by atoms with Gasteiger partial charge in [0.2, 0.25) is 5.91 Å². The molecule has 0 saturated heterocycles. The van der Waals surface area contributed by atoms with Crippen molar-refractivity contribution in [3.8, 4) is 33.1 Å². The normalized spacial score (nSPS) is 11.9. The second-order valence-corrected chi connectivity index (χ2v) is 10.5. The highest BCUT2D eigenvalue weighted by Gasteiger charge is 2.21. The molecule has 0 saturated carbocycles. The minimum absolute atomic E-state index is 0.0755. The molecule has 10 heteroatoms. The number of thiophene rings is 1. The molecular weight excluding hydrogens is 472 g/mol. The van der Waals surface area contributed by atoms with Gasteiger partial charge in [0.25, 0.3) is 0 Å². The highest BCUT2D eigenvalue weighted by molar-refractivity contribution is 7.13. The molecule has 0 bridgehead atoms. The van der Waals surface area contributed by atoms with E-state index in [4.69, 9.17) is 4.98 Å². The van der Waals surface area contributed by atoms with E-state index in [1.165, 1.54) is 0 Å². The van der Waals surface area contributed by atoms with Gasteiger partial charge in [-0.15, -0.1) is 11.3 Å². The summed E-state index contributed by atoms with van der Waals surface area (Å²) in [5.74, 6) is 0.579. The third kappa shape index (κ3) is 3.91. The molecule has 0 fully saturated rings. The van der Waals surface area contributed by atoms with Gasteiger partial charge < -0.3 is 10.3 Å². The number of aromatic amines is 2. The fourth-order valence-electron chi connectivity index (χ4n) is 3.89. The summed E-state index contributed by atoms with van der Waals surface area (Å²) in [6, 6.07) is 7.96. The van der Waals surface area contributed by atoms with Crippen molar-refractivity contribution in [2.75, 3.05) is 5.32 Å². The number of rotatable bonds is 4. The smallest absolute Gasteiger partial charge is 0.229 e. The Morgan fingerprint density at radius 3 is 2.67 bits per heavy atom. The number of aromatic nitrogens is 7. The van der Waals surface area contributed by atoms with E-state index in [9.17, 15) is 4.79 Å². The third-order valence-corrected chi connectivity index (χ3v) is 6.74. The fourth-order valence-corrected chi connectivity index (χ4v) is 4.62. The number of pyridine rings is 3. The molecule has 6 rings (SSSR count). The van der Waals surface area contributed by atoms with Crippen LogP contribution >= 0.6 is 11.3 Å². The third-order valence-electron chi connectivity index (χ3n) is 5.84. The van der Waals surface area contributed by atoms with Crippen molar-refractivity contribution in [3.05, 3.63) is 60.6 Å². The SMILES string of the molecule is CC(C)(C)C(=O)Nc1cncc(-c2cnc3n[nH]c(-c4nc5c(-c6cccs6)cncc5[nH]4)c3c2)c1. The van der Waals surface area contributed by atoms with Crippen molar-refractivity contribution >= 4 is 45.0 Å². The van der Waals surface area contributed by atoms with E-state index >= 15 is 0 Å². The average molecular weight is 495 g/mol. The summed E-state index contributed by atoms with van der Waals surface area (Å²) in [6.45, 7) is 5.61. The number of anilines is 1. The maximum absolute atomic E-state index is 12.4. The van der Waals surface area contributed by atoms with Gasteiger partial charge in [0.05, 0.1) is 29.0 Å². The zero-order valence-corrected chi connectivity index (χ0v) is 20.6. The van der Waals surface area contributed by atoms with Crippen LogP contribution in [0.1, 0.15) is 20.8 Å². The summed E-state index contributed by atoms with van der Waals surface area (Å²) >= 11 is 1.65. The quantitative estimate of drug-likeness (QED) is 0.290. The van der Waals surface area contributed by atoms with Gasteiger partial charge in [-0.25, -0.2) is 9.97 Å². The molecule has 9 nitrogen and oxygen atoms in total. The van der Waals surface area contributed by atoms with Crippen LogP contribution in [0.15, 0.2) is 60.6 Å². The van der Waals surface area contributed by atoms with Crippen LogP contribution in [0, 0.1) is 5.41 Å². The Hall–Kier alpha value is -4.44. The molecule has 3 N–H and O–H groups in total. The lowest BCUT2D eigenvalue weighted by Crippen LogP contribution is -2.27. The van der Waals surface area contributed by atoms with Gasteiger partial charge in [-0.2, -0.15) is 5.10 Å². The van der Waals surface area contributed by atoms with Gasteiger partial charge >= 0.3 is 0 Å². The molecule has 6 heterocycles. The molecule has 6 aromatic rings. The number of H-pyrrole nitrogens is 2. The van der Waals surface area contributed by atoms with Gasteiger partial charge in [0.15, 0.2) is 11.5 Å². The van der Waals surface area contributed by atoms with Crippen molar-refractivity contribution in [1.29, 1.82) is 0 Å². The number of hydrogen-bond acceptors (Lipinski definition) is 7. The second-order valence-electron chi connectivity index (χ2n) is 9.51. The lowest BCUT2D eigenvalue weighted by atomic mass is 9.95. The molecule has 0 aliphatic carbocycles. The maximum atomic E-state index is 12.4. The Balaban J connectivity index is 1.40. The van der Waals surface area contributed by atoms with Crippen LogP contribution < -0.4 is 5.32 Å². The highest BCUT2D eigenvalue weighted by Crippen LogP contribution is 2.33. The van der Waals surface area contributed by atoms with Gasteiger partial charge in [-0.05, 0) is 23.6 Å². The number of amides is 1. The molecule has 1 amide bonds. The first-order valence-electron chi connectivity index (χ1n) is 11.4. The molecule has 0 unspecified atom stereocenters. The molecule has 0 atom stereocenters. The average Bonchev–Trinajstić information content (AvgIpc) is 3.62. The van der Waals surface area contributed by atoms with E-state index in [0.717, 1.165) is 43.7 Å². The van der Waals surface area contributed by atoms with E-state index in [0.29, 0.717) is 17.2 Å². The lowest BCUT2D eigenvalue weighted by molar-refractivity contribution is -0.123. The first kappa shape index (κ1) is 22.1. The molecule has 0 aliphatic rings. The Kier molecular flexibility index (Phi) is 5.11. The van der Waals surface area contributed by atoms with Crippen LogP contribution in [-0.2, 0) is 4.79 Å². The van der Waals surface area contributed by atoms with Crippen LogP contribution in [-0.4, -0.2) is 41.0 Å². The monoisotopic (exact) mass is 494 g/mol. The molecule has 0 aliphatic heterocycles. The topological polar surface area (TPSA) is 125 Å². The van der Waals surface area contributed by atoms with Crippen LogP contribution in [0.2, 0.25) is 0 Å². The lowest BCUT2D eigenvalue weighted by Gasteiger charge is -2.17. The molecule has 6 aromatic heterocycles. The molecular formula is C26H22N8OS. The number of nitrogens with one attached hydrogen (secondary N) is 3. The summed E-state index contributed by atoms with van der Waals surface area (Å²) in [6.07, 6.45) is 8.73. The Bertz CT molecular complexity index is 1730. The van der Waals surface area contributed by atoms with E-state index in [1.54, 1.807) is 36.1 Å². The zero-order chi connectivity index (χ0) is 24.9. The largest absolute Gasteiger partial charge is 0.335 e. The van der Waals surface area contributed by atoms with E-state index in [1.807, 2.05) is 50.5 Å². The van der Waals surface area contributed by atoms with Crippen LogP contribution in [0.5, 0.6) is 0 Å². The highest BCUT2D eigenvalue weighted by atomic mass is 32.1. The van der Waals surface area contributed by atoms with Gasteiger partial charge in [-0.3, -0.25) is 19.9 Å². The number of carbonyl (C=O) groups is 1. The maximum Gasteiger partial charge on any atom is 0.229 e. The fraction of sp³-hybridized carbons (Fsp3) is 0.154. The number of imidazole rings is 1. The summed E-state index contributed by atoms with van der Waals surface area (Å²) in [7, 11) is 0. The zero-order valence-electron chi connectivity index (χ0n) is 19.8. The molecule has 0 radical (unpaired) electrons. The van der Waals surface area contributed by atoms with E-state index in [-0.39, 0.29) is 5.91 Å². The minimum Gasteiger partial charge on any atom is -0.335 e. The van der Waals surface area contributed by atoms with Gasteiger partial charge in [-0.1, -0.05) is 26.8 Å². The minimum atomic E-state index is -0.506. The van der Waals surface area contributed by atoms with Crippen molar-refractivity contribution in [2.24, 2.45) is 5.41 Å². The van der Waals surface area contributed by atoms with Crippen molar-refractivity contribution in [2.45, 2.75) is 20.8 Å². The van der Waals surface area contributed by atoms with Gasteiger partial charge in [0.1, 0.15) is 11.2 Å². The summed E-state index contributed by atoms with van der Waals surface area (Å²) in [5, 5.41) is 13.2. The van der Waals surface area contributed by atoms with E-state index < -0.39 is 5.41 Å². The van der Waals surface area contributed by atoms with Gasteiger partial charge in [0, 0.05) is 45.6 Å². The number of nitrogens with zero attached hydrogens (tertiary/aromatic N) is 5. The van der Waals surface area contributed by atoms with Crippen molar-refractivity contribution in [1.82, 2.24) is 35.1 Å². The number of hydrogen-bond donors (Lipinski definition) is 3.